The fraction of sp³-hybridized carbons (Fsp3) is 0.909. The van der Waals surface area contributed by atoms with Crippen molar-refractivity contribution in [2.75, 3.05) is 0 Å². The van der Waals surface area contributed by atoms with E-state index in [4.69, 9.17) is 9.78 Å². The fourth-order valence-electron chi connectivity index (χ4n) is 5.95. The van der Waals surface area contributed by atoms with Gasteiger partial charge in [0.15, 0.2) is 0 Å². The minimum Gasteiger partial charge on any atom is -0.429 e. The molecule has 0 fully saturated rings. The van der Waals surface area contributed by atoms with Crippen molar-refractivity contribution in [3.8, 4) is 0 Å². The van der Waals surface area contributed by atoms with E-state index in [1.54, 1.807) is 27.7 Å². The molecule has 0 spiro atoms. The third-order valence-corrected chi connectivity index (χ3v) is 9.04. The van der Waals surface area contributed by atoms with E-state index in [-0.39, 0.29) is 12.2 Å². The van der Waals surface area contributed by atoms with Crippen LogP contribution in [0.3, 0.4) is 0 Å². The second kappa shape index (κ2) is 43.2. The number of hydrogen-bond acceptors (Lipinski definition) is 10. The molecule has 0 aromatic carbocycles. The summed E-state index contributed by atoms with van der Waals surface area (Å²) in [7, 11) is 0. The Hall–Kier alpha value is -2.52. The van der Waals surface area contributed by atoms with Crippen LogP contribution < -0.4 is 0 Å². The van der Waals surface area contributed by atoms with Gasteiger partial charge in [-0.05, 0) is 40.5 Å². The summed E-state index contributed by atoms with van der Waals surface area (Å²) < 4.78 is 9.02. The van der Waals surface area contributed by atoms with Crippen molar-refractivity contribution in [3.05, 3.63) is 0 Å². The Morgan fingerprint density at radius 3 is 0.722 bits per heavy atom. The van der Waals surface area contributed by atoms with E-state index >= 15 is 0 Å². The van der Waals surface area contributed by atoms with E-state index in [9.17, 15) is 19.2 Å². The van der Waals surface area contributed by atoms with Gasteiger partial charge in [-0.1, -0.05) is 194 Å². The molecule has 0 saturated carbocycles. The van der Waals surface area contributed by atoms with Crippen molar-refractivity contribution in [2.24, 2.45) is 0 Å². The van der Waals surface area contributed by atoms with Gasteiger partial charge in [0.05, 0.1) is 25.0 Å². The molecule has 0 radical (unpaired) electrons. The van der Waals surface area contributed by atoms with E-state index in [2.05, 4.69) is 33.1 Å². The molecule has 0 aliphatic carbocycles. The summed E-state index contributed by atoms with van der Waals surface area (Å²) in [6.07, 6.45) is 36.8. The Kier molecular flexibility index (Phi) is 42.9. The molecular weight excluding hydrogens is 688 g/mol. The minimum absolute atomic E-state index is 0.338. The molecule has 10 heteroatoms. The average molecular weight is 773 g/mol. The molecule has 0 N–H and O–H groups in total. The van der Waals surface area contributed by atoms with E-state index in [0.717, 1.165) is 25.7 Å². The molecule has 0 amide bonds. The van der Waals surface area contributed by atoms with Crippen LogP contribution in [0.2, 0.25) is 0 Å². The lowest BCUT2D eigenvalue weighted by Crippen LogP contribution is -2.18. The number of rotatable bonds is 34. The number of unbranched alkanes of at least 4 members (excludes halogenated alkanes) is 28. The van der Waals surface area contributed by atoms with Crippen LogP contribution in [-0.4, -0.2) is 36.5 Å². The molecule has 0 saturated heterocycles. The number of hydrogen-bond donors (Lipinski definition) is 0. The van der Waals surface area contributed by atoms with Crippen molar-refractivity contribution in [1.82, 2.24) is 0 Å². The molecule has 320 valence electrons. The van der Waals surface area contributed by atoms with Crippen LogP contribution in [0.4, 0.5) is 9.59 Å². The Balaban J connectivity index is 0. The normalized spacial score (nSPS) is 10.8. The summed E-state index contributed by atoms with van der Waals surface area (Å²) >= 11 is 0. The van der Waals surface area contributed by atoms with Crippen molar-refractivity contribution in [1.29, 1.82) is 0 Å². The van der Waals surface area contributed by atoms with Gasteiger partial charge in [0.1, 0.15) is 0 Å². The lowest BCUT2D eigenvalue weighted by Gasteiger charge is -2.08. The standard InChI is InChI=1S/C36H70O4.C8H14O6/c1-3-5-7-9-11-13-15-17-19-21-23-25-27-29-31-33-35(37)39-40-36(38)34-32-30-28-26-24-22-20-18-16-14-12-10-8-6-4-2;1-5(2)11-7(9)13-14-8(10)12-6(3)4/h3-34H2,1-2H3;5-6H,1-4H3. The van der Waals surface area contributed by atoms with Gasteiger partial charge in [0, 0.05) is 0 Å². The SMILES string of the molecule is CC(C)OC(=O)OOC(=O)OC(C)C.CCCCCCCCCCCCCCCCCC(=O)OOC(=O)CCCCCCCCCCCCCCCCC. The van der Waals surface area contributed by atoms with Gasteiger partial charge < -0.3 is 9.47 Å². The van der Waals surface area contributed by atoms with Gasteiger partial charge in [-0.3, -0.25) is 0 Å². The fourth-order valence-corrected chi connectivity index (χ4v) is 5.95. The third-order valence-electron chi connectivity index (χ3n) is 9.04. The van der Waals surface area contributed by atoms with Crippen molar-refractivity contribution < 1.29 is 48.2 Å². The van der Waals surface area contributed by atoms with Crippen LogP contribution >= 0.6 is 0 Å². The summed E-state index contributed by atoms with van der Waals surface area (Å²) in [5, 5.41) is 0. The van der Waals surface area contributed by atoms with E-state index < -0.39 is 24.2 Å². The van der Waals surface area contributed by atoms with Gasteiger partial charge >= 0.3 is 24.2 Å². The van der Waals surface area contributed by atoms with Crippen LogP contribution in [0.25, 0.3) is 0 Å². The van der Waals surface area contributed by atoms with Crippen molar-refractivity contribution >= 4 is 24.2 Å². The second-order valence-electron chi connectivity index (χ2n) is 15.3. The lowest BCUT2D eigenvalue weighted by molar-refractivity contribution is -0.259. The van der Waals surface area contributed by atoms with Crippen LogP contribution in [-0.2, 0) is 38.6 Å². The second-order valence-corrected chi connectivity index (χ2v) is 15.3. The highest BCUT2D eigenvalue weighted by molar-refractivity contribution is 5.72. The van der Waals surface area contributed by atoms with Gasteiger partial charge in [-0.25, -0.2) is 19.4 Å². The Labute approximate surface area is 331 Å². The van der Waals surface area contributed by atoms with Crippen LogP contribution in [0.1, 0.15) is 247 Å². The molecule has 0 bridgehead atoms. The van der Waals surface area contributed by atoms with Gasteiger partial charge in [0.25, 0.3) is 0 Å². The highest BCUT2D eigenvalue weighted by Gasteiger charge is 2.14. The first-order valence-corrected chi connectivity index (χ1v) is 22.3. The van der Waals surface area contributed by atoms with Crippen LogP contribution in [0.15, 0.2) is 0 Å². The molecule has 10 nitrogen and oxygen atoms in total. The molecular formula is C44H84O10. The molecule has 0 aliphatic heterocycles. The van der Waals surface area contributed by atoms with E-state index in [1.807, 2.05) is 0 Å². The van der Waals surface area contributed by atoms with Crippen molar-refractivity contribution in [3.63, 3.8) is 0 Å². The predicted octanol–water partition coefficient (Wildman–Crippen LogP) is 14.5. The van der Waals surface area contributed by atoms with E-state index in [0.29, 0.717) is 12.8 Å². The quantitative estimate of drug-likeness (QED) is 0.0270. The Morgan fingerprint density at radius 1 is 0.315 bits per heavy atom. The molecule has 0 rings (SSSR count). The highest BCUT2D eigenvalue weighted by Crippen LogP contribution is 2.16. The zero-order valence-electron chi connectivity index (χ0n) is 35.9. The van der Waals surface area contributed by atoms with Crippen LogP contribution in [0.5, 0.6) is 0 Å². The number of ether oxygens (including phenoxy) is 2. The van der Waals surface area contributed by atoms with Gasteiger partial charge in [-0.2, -0.15) is 19.4 Å². The van der Waals surface area contributed by atoms with Gasteiger partial charge in [0.2, 0.25) is 0 Å². The monoisotopic (exact) mass is 773 g/mol. The third kappa shape index (κ3) is 47.5. The topological polar surface area (TPSA) is 124 Å². The first kappa shape index (κ1) is 53.6. The molecule has 0 heterocycles. The zero-order valence-corrected chi connectivity index (χ0v) is 35.9. The Morgan fingerprint density at radius 2 is 0.519 bits per heavy atom. The van der Waals surface area contributed by atoms with Crippen molar-refractivity contribution in [2.45, 2.75) is 259 Å². The smallest absolute Gasteiger partial charge is 0.429 e. The van der Waals surface area contributed by atoms with Gasteiger partial charge in [-0.15, -0.1) is 0 Å². The first-order chi connectivity index (χ1) is 26.1. The minimum atomic E-state index is -1.08. The van der Waals surface area contributed by atoms with Crippen LogP contribution in [0, 0.1) is 0 Å². The highest BCUT2D eigenvalue weighted by atomic mass is 17.3. The summed E-state index contributed by atoms with van der Waals surface area (Å²) in [5.41, 5.74) is 0. The summed E-state index contributed by atoms with van der Waals surface area (Å²) in [4.78, 5) is 62.3. The molecule has 0 atom stereocenters. The summed E-state index contributed by atoms with van der Waals surface area (Å²) in [6.45, 7) is 11.1. The maximum Gasteiger partial charge on any atom is 0.550 e. The Bertz CT molecular complexity index is 777. The zero-order chi connectivity index (χ0) is 40.3. The lowest BCUT2D eigenvalue weighted by atomic mass is 10.0. The largest absolute Gasteiger partial charge is 0.550 e. The number of carbonyl (C=O) groups is 4. The first-order valence-electron chi connectivity index (χ1n) is 22.3. The average Bonchev–Trinajstić information content (AvgIpc) is 3.12. The molecule has 0 aromatic heterocycles. The summed E-state index contributed by atoms with van der Waals surface area (Å²) in [6, 6.07) is 0. The maximum absolute atomic E-state index is 11.8. The number of carbonyl (C=O) groups excluding carboxylic acids is 4. The summed E-state index contributed by atoms with van der Waals surface area (Å²) in [5.74, 6) is -0.834. The maximum atomic E-state index is 11.8. The predicted molar refractivity (Wildman–Crippen MR) is 217 cm³/mol. The van der Waals surface area contributed by atoms with E-state index in [1.165, 1.54) is 167 Å². The molecule has 0 unspecified atom stereocenters. The molecule has 54 heavy (non-hydrogen) atoms. The molecule has 0 aliphatic rings. The molecule has 0 aromatic rings.